The first-order valence-electron chi connectivity index (χ1n) is 11.9. The summed E-state index contributed by atoms with van der Waals surface area (Å²) in [7, 11) is -1.52. The number of carbonyl (C=O) groups excluding carboxylic acids is 2. The minimum Gasteiger partial charge on any atom is -0.427 e. The molecule has 0 saturated carbocycles. The molecule has 0 bridgehead atoms. The Labute approximate surface area is 195 Å². The van der Waals surface area contributed by atoms with Crippen LogP contribution in [0.5, 0.6) is 0 Å². The summed E-state index contributed by atoms with van der Waals surface area (Å²) in [5, 5.41) is 22.2. The predicted molar refractivity (Wildman–Crippen MR) is 128 cm³/mol. The molecule has 184 valence electrons. The largest absolute Gasteiger partial charge is 0.455 e. The molecule has 1 heterocycles. The fraction of sp³-hybridized carbons (Fsp3) is 0.870. The number of amides is 1. The molecule has 8 nitrogen and oxygen atoms in total. The number of likely N-dealkylation sites (N-methyl/N-ethyl adjacent to an activating group) is 1. The lowest BCUT2D eigenvalue weighted by Crippen LogP contribution is -2.44. The Morgan fingerprint density at radius 2 is 1.88 bits per heavy atom. The van der Waals surface area contributed by atoms with Gasteiger partial charge in [-0.1, -0.05) is 41.5 Å². The van der Waals surface area contributed by atoms with Gasteiger partial charge in [-0.15, -0.1) is 0 Å². The zero-order valence-corrected chi connectivity index (χ0v) is 20.8. The van der Waals surface area contributed by atoms with E-state index in [0.717, 1.165) is 18.8 Å². The molecule has 1 aliphatic heterocycles. The Morgan fingerprint density at radius 1 is 1.25 bits per heavy atom. The third-order valence-corrected chi connectivity index (χ3v) is 5.00. The number of nitrogens with zero attached hydrogens (tertiary/aromatic N) is 2. The molecule has 0 aromatic carbocycles. The van der Waals surface area contributed by atoms with Gasteiger partial charge >= 0.3 is 13.0 Å². The van der Waals surface area contributed by atoms with Gasteiger partial charge in [-0.05, 0) is 37.6 Å². The number of Topliss-reactive ketones (excluding diaryl/α,β-unsaturated/α-hetero) is 1. The van der Waals surface area contributed by atoms with Crippen molar-refractivity contribution in [3.63, 3.8) is 0 Å². The van der Waals surface area contributed by atoms with Crippen LogP contribution in [0.25, 0.3) is 4.85 Å². The van der Waals surface area contributed by atoms with E-state index in [1.807, 2.05) is 20.8 Å². The average molecular weight is 453 g/mol. The summed E-state index contributed by atoms with van der Waals surface area (Å²) in [6.07, 6.45) is 2.36. The fourth-order valence-corrected chi connectivity index (χ4v) is 3.65. The van der Waals surface area contributed by atoms with E-state index < -0.39 is 19.0 Å². The number of ketones is 1. The molecule has 3 atom stereocenters. The molecule has 0 spiro atoms. The molecule has 9 heteroatoms. The zero-order valence-electron chi connectivity index (χ0n) is 20.8. The van der Waals surface area contributed by atoms with E-state index in [1.54, 1.807) is 4.90 Å². The number of rotatable bonds is 13. The maximum absolute atomic E-state index is 12.7. The minimum absolute atomic E-state index is 0.0559. The molecular formula is C23H44BN3O5. The standard InChI is InChI=1S/C19H34BN3O5.C4H10/c1-5-22-17(18(24)10-15(20(26)27)9-14(2)3)13-28-12-16-7-6-8-23(16)19(25)11-21-4;1-4(2)3/h14-17,22,26-27H,5-13H2,1-3H3;4H,1-3H3/t15-,16-,17+;/m1./s1. The molecular weight excluding hydrogens is 409 g/mol. The monoisotopic (exact) mass is 453 g/mol. The van der Waals surface area contributed by atoms with E-state index in [1.165, 1.54) is 0 Å². The molecule has 1 rings (SSSR count). The molecule has 3 N–H and O–H groups in total. The van der Waals surface area contributed by atoms with Gasteiger partial charge in [0.1, 0.15) is 0 Å². The minimum atomic E-state index is -1.52. The number of hydrogen-bond acceptors (Lipinski definition) is 6. The van der Waals surface area contributed by atoms with Crippen LogP contribution in [-0.2, 0) is 14.3 Å². The smallest absolute Gasteiger partial charge is 0.427 e. The molecule has 1 saturated heterocycles. The van der Waals surface area contributed by atoms with Crippen molar-refractivity contribution in [3.8, 4) is 0 Å². The Hall–Kier alpha value is -1.47. The third-order valence-electron chi connectivity index (χ3n) is 5.00. The first-order chi connectivity index (χ1) is 15.0. The van der Waals surface area contributed by atoms with Crippen LogP contribution in [0.15, 0.2) is 0 Å². The van der Waals surface area contributed by atoms with Crippen molar-refractivity contribution >= 4 is 18.8 Å². The zero-order chi connectivity index (χ0) is 24.7. The van der Waals surface area contributed by atoms with E-state index in [-0.39, 0.29) is 43.2 Å². The lowest BCUT2D eigenvalue weighted by molar-refractivity contribution is -0.131. The summed E-state index contributed by atoms with van der Waals surface area (Å²) in [4.78, 5) is 29.5. The highest BCUT2D eigenvalue weighted by atomic mass is 16.5. The first kappa shape index (κ1) is 30.5. The molecule has 0 aliphatic carbocycles. The number of likely N-dealkylation sites (tertiary alicyclic amines) is 1. The third kappa shape index (κ3) is 13.2. The van der Waals surface area contributed by atoms with Crippen molar-refractivity contribution < 1.29 is 24.4 Å². The van der Waals surface area contributed by atoms with E-state index in [0.29, 0.717) is 26.1 Å². The van der Waals surface area contributed by atoms with Crippen molar-refractivity contribution in [3.05, 3.63) is 11.4 Å². The van der Waals surface area contributed by atoms with Gasteiger partial charge in [-0.2, -0.15) is 0 Å². The lowest BCUT2D eigenvalue weighted by Gasteiger charge is -2.25. The summed E-state index contributed by atoms with van der Waals surface area (Å²) in [6.45, 7) is 20.8. The Balaban J connectivity index is 0.00000220. The number of ether oxygens (including phenoxy) is 1. The molecule has 1 aliphatic rings. The molecule has 32 heavy (non-hydrogen) atoms. The number of nitrogens with one attached hydrogen (secondary N) is 1. The maximum Gasteiger partial charge on any atom is 0.455 e. The van der Waals surface area contributed by atoms with Gasteiger partial charge in [0.25, 0.3) is 6.54 Å². The second kappa shape index (κ2) is 17.1. The molecule has 0 aromatic heterocycles. The molecule has 0 aromatic rings. The topological polar surface area (TPSA) is 103 Å². The van der Waals surface area contributed by atoms with E-state index in [9.17, 15) is 19.6 Å². The molecule has 0 radical (unpaired) electrons. The van der Waals surface area contributed by atoms with Crippen molar-refractivity contribution in [2.24, 2.45) is 11.8 Å². The van der Waals surface area contributed by atoms with Crippen LogP contribution >= 0.6 is 0 Å². The number of hydrogen-bond donors (Lipinski definition) is 3. The highest BCUT2D eigenvalue weighted by Crippen LogP contribution is 2.24. The number of carbonyl (C=O) groups is 2. The average Bonchev–Trinajstić information content (AvgIpc) is 3.14. The molecule has 1 amide bonds. The van der Waals surface area contributed by atoms with Gasteiger partial charge in [0, 0.05) is 18.8 Å². The second-order valence-electron chi connectivity index (χ2n) is 9.55. The van der Waals surface area contributed by atoms with Gasteiger partial charge in [0.2, 0.25) is 0 Å². The highest BCUT2D eigenvalue weighted by molar-refractivity contribution is 6.43. The SMILES string of the molecule is CC(C)C.[C-]#[N+]CC(=O)N1CCC[C@@H]1COC[C@H](NCC)C(=O)C[C@@H](CC(C)C)B(O)O. The maximum atomic E-state index is 12.7. The van der Waals surface area contributed by atoms with Gasteiger partial charge in [0.05, 0.1) is 25.3 Å². The summed E-state index contributed by atoms with van der Waals surface area (Å²) in [5.74, 6) is 0.321. The van der Waals surface area contributed by atoms with Crippen LogP contribution < -0.4 is 5.32 Å². The van der Waals surface area contributed by atoms with E-state index >= 15 is 0 Å². The fourth-order valence-electron chi connectivity index (χ4n) is 3.65. The molecule has 0 unspecified atom stereocenters. The predicted octanol–water partition coefficient (Wildman–Crippen LogP) is 2.40. The summed E-state index contributed by atoms with van der Waals surface area (Å²) in [6, 6.07) is -0.577. The van der Waals surface area contributed by atoms with Crippen molar-refractivity contribution in [1.82, 2.24) is 10.2 Å². The highest BCUT2D eigenvalue weighted by Gasteiger charge is 2.32. The van der Waals surface area contributed by atoms with Crippen LogP contribution in [0, 0.1) is 18.4 Å². The summed E-state index contributed by atoms with van der Waals surface area (Å²) >= 11 is 0. The van der Waals surface area contributed by atoms with E-state index in [4.69, 9.17) is 11.3 Å². The lowest BCUT2D eigenvalue weighted by atomic mass is 9.66. The molecule has 1 fully saturated rings. The van der Waals surface area contributed by atoms with Gasteiger partial charge in [0.15, 0.2) is 5.78 Å². The Kier molecular flexibility index (Phi) is 16.3. The van der Waals surface area contributed by atoms with Crippen molar-refractivity contribution in [1.29, 1.82) is 0 Å². The normalized spacial score (nSPS) is 17.5. The van der Waals surface area contributed by atoms with Crippen molar-refractivity contribution in [2.45, 2.75) is 85.1 Å². The first-order valence-corrected chi connectivity index (χ1v) is 11.9. The van der Waals surface area contributed by atoms with E-state index in [2.05, 4.69) is 30.9 Å². The van der Waals surface area contributed by atoms with Crippen LogP contribution in [0.4, 0.5) is 0 Å². The second-order valence-corrected chi connectivity index (χ2v) is 9.55. The van der Waals surface area contributed by atoms with Gasteiger partial charge in [-0.25, -0.2) is 6.57 Å². The van der Waals surface area contributed by atoms with Crippen LogP contribution in [0.1, 0.15) is 67.2 Å². The van der Waals surface area contributed by atoms with Crippen molar-refractivity contribution in [2.75, 3.05) is 32.8 Å². The Bertz CT molecular complexity index is 578. The summed E-state index contributed by atoms with van der Waals surface area (Å²) < 4.78 is 5.76. The quantitative estimate of drug-likeness (QED) is 0.292. The van der Waals surface area contributed by atoms with Crippen LogP contribution in [-0.4, -0.2) is 78.7 Å². The van der Waals surface area contributed by atoms with Gasteiger partial charge < -0.3 is 29.8 Å². The van der Waals surface area contributed by atoms with Crippen LogP contribution in [0.3, 0.4) is 0 Å². The summed E-state index contributed by atoms with van der Waals surface area (Å²) in [5.41, 5.74) is 0. The Morgan fingerprint density at radius 3 is 2.38 bits per heavy atom. The van der Waals surface area contributed by atoms with Gasteiger partial charge in [-0.3, -0.25) is 9.59 Å². The van der Waals surface area contributed by atoms with Crippen LogP contribution in [0.2, 0.25) is 5.82 Å².